The van der Waals surface area contributed by atoms with Gasteiger partial charge in [-0.1, -0.05) is 11.3 Å². The molecule has 2 rings (SSSR count). The van der Waals surface area contributed by atoms with Gasteiger partial charge in [-0.3, -0.25) is 10.1 Å². The van der Waals surface area contributed by atoms with E-state index in [9.17, 15) is 18.5 Å². The zero-order valence-corrected chi connectivity index (χ0v) is 12.0. The lowest BCUT2D eigenvalue weighted by Gasteiger charge is -2.03. The van der Waals surface area contributed by atoms with Crippen molar-refractivity contribution in [3.05, 3.63) is 22.5 Å². The topological polar surface area (TPSA) is 132 Å². The number of sulfonamides is 1. The number of hydrogen-bond acceptors (Lipinski definition) is 8. The molecule has 0 aliphatic carbocycles. The van der Waals surface area contributed by atoms with Crippen molar-refractivity contribution in [3.63, 3.8) is 0 Å². The second-order valence-electron chi connectivity index (χ2n) is 3.60. The average Bonchev–Trinajstić information content (AvgIpc) is 2.96. The molecule has 0 aliphatic heterocycles. The van der Waals surface area contributed by atoms with Crippen LogP contribution in [0.5, 0.6) is 0 Å². The predicted octanol–water partition coefficient (Wildman–Crippen LogP) is 0.627. The van der Waals surface area contributed by atoms with E-state index in [4.69, 9.17) is 0 Å². The van der Waals surface area contributed by atoms with Crippen LogP contribution in [-0.2, 0) is 17.1 Å². The molecule has 20 heavy (non-hydrogen) atoms. The van der Waals surface area contributed by atoms with Gasteiger partial charge in [-0.2, -0.15) is 10.1 Å². The van der Waals surface area contributed by atoms with Gasteiger partial charge in [0, 0.05) is 20.2 Å². The predicted molar refractivity (Wildman–Crippen MR) is 72.3 cm³/mol. The first-order chi connectivity index (χ1) is 9.35. The number of thiophene rings is 1. The largest absolute Gasteiger partial charge is 0.374 e. The lowest BCUT2D eigenvalue weighted by molar-refractivity contribution is -0.383. The fraction of sp³-hybridized carbons (Fsp3) is 0.250. The van der Waals surface area contributed by atoms with E-state index in [2.05, 4.69) is 20.1 Å². The summed E-state index contributed by atoms with van der Waals surface area (Å²) >= 11 is 0.762. The van der Waals surface area contributed by atoms with E-state index in [-0.39, 0.29) is 20.8 Å². The molecular weight excluding hydrogens is 308 g/mol. The molecule has 0 unspecified atom stereocenters. The number of nitrogens with one attached hydrogen (secondary N) is 2. The van der Waals surface area contributed by atoms with Crippen molar-refractivity contribution in [1.29, 1.82) is 0 Å². The van der Waals surface area contributed by atoms with Crippen LogP contribution in [0.4, 0.5) is 16.6 Å². The summed E-state index contributed by atoms with van der Waals surface area (Å²) in [5, 5.41) is 17.3. The molecule has 108 valence electrons. The van der Waals surface area contributed by atoms with Crippen LogP contribution in [-0.4, -0.2) is 35.2 Å². The van der Waals surface area contributed by atoms with Crippen LogP contribution in [0.25, 0.3) is 0 Å². The van der Waals surface area contributed by atoms with E-state index in [1.165, 1.54) is 25.1 Å². The Balaban J connectivity index is 2.40. The summed E-state index contributed by atoms with van der Waals surface area (Å²) in [7, 11) is -0.958. The first kappa shape index (κ1) is 14.2. The summed E-state index contributed by atoms with van der Waals surface area (Å²) in [6, 6.07) is 0.995. The Morgan fingerprint density at radius 1 is 1.50 bits per heavy atom. The van der Waals surface area contributed by atoms with Gasteiger partial charge in [0.25, 0.3) is 10.0 Å². The molecule has 0 fully saturated rings. The summed E-state index contributed by atoms with van der Waals surface area (Å²) in [6.07, 6.45) is 1.19. The lowest BCUT2D eigenvalue weighted by atomic mass is 10.5. The molecule has 0 aliphatic rings. The Labute approximate surface area is 117 Å². The highest BCUT2D eigenvalue weighted by molar-refractivity contribution is 7.94. The zero-order chi connectivity index (χ0) is 14.9. The number of nitro groups is 1. The fourth-order valence-electron chi connectivity index (χ4n) is 1.37. The van der Waals surface area contributed by atoms with Crippen LogP contribution in [0.1, 0.15) is 0 Å². The van der Waals surface area contributed by atoms with E-state index in [0.717, 1.165) is 17.4 Å². The van der Waals surface area contributed by atoms with Gasteiger partial charge < -0.3 is 5.32 Å². The van der Waals surface area contributed by atoms with Crippen molar-refractivity contribution in [2.24, 2.45) is 7.05 Å². The number of aromatic nitrogens is 3. The molecule has 2 heterocycles. The van der Waals surface area contributed by atoms with Crippen LogP contribution in [0, 0.1) is 10.1 Å². The van der Waals surface area contributed by atoms with Crippen molar-refractivity contribution in [1.82, 2.24) is 14.8 Å². The first-order valence-electron chi connectivity index (χ1n) is 5.18. The third-order valence-electron chi connectivity index (χ3n) is 2.32. The normalized spacial score (nSPS) is 11.3. The van der Waals surface area contributed by atoms with E-state index in [1.807, 2.05) is 0 Å². The highest BCUT2D eigenvalue weighted by atomic mass is 32.2. The van der Waals surface area contributed by atoms with Gasteiger partial charge in [0.05, 0.1) is 4.92 Å². The van der Waals surface area contributed by atoms with Crippen molar-refractivity contribution in [3.8, 4) is 0 Å². The molecule has 0 saturated heterocycles. The SMILES string of the molecule is CNc1sc(S(=O)(=O)Nc2ncnn2C)cc1[N+](=O)[O-]. The molecule has 0 spiro atoms. The van der Waals surface area contributed by atoms with Crippen LogP contribution in [0.3, 0.4) is 0 Å². The third-order valence-corrected chi connectivity index (χ3v) is 5.26. The zero-order valence-electron chi connectivity index (χ0n) is 10.4. The maximum atomic E-state index is 12.1. The Morgan fingerprint density at radius 2 is 2.20 bits per heavy atom. The number of rotatable bonds is 5. The number of aryl methyl sites for hydroxylation is 1. The fourth-order valence-corrected chi connectivity index (χ4v) is 3.68. The van der Waals surface area contributed by atoms with Gasteiger partial charge in [-0.25, -0.2) is 17.8 Å². The molecule has 0 saturated carbocycles. The van der Waals surface area contributed by atoms with E-state index in [1.54, 1.807) is 0 Å². The summed E-state index contributed by atoms with van der Waals surface area (Å²) in [4.78, 5) is 13.9. The molecule has 0 aromatic carbocycles. The minimum atomic E-state index is -3.95. The molecule has 0 radical (unpaired) electrons. The maximum Gasteiger partial charge on any atom is 0.304 e. The summed E-state index contributed by atoms with van der Waals surface area (Å²) in [6.45, 7) is 0. The minimum Gasteiger partial charge on any atom is -0.374 e. The standard InChI is InChI=1S/C8H10N6O4S2/c1-9-7-5(14(15)16)3-6(19-7)20(17,18)12-8-10-4-11-13(8)2/h3-4,9H,1-2H3,(H,10,11,12). The molecule has 2 aromatic heterocycles. The summed E-state index contributed by atoms with van der Waals surface area (Å²) in [5.41, 5.74) is -0.296. The molecular formula is C8H10N6O4S2. The van der Waals surface area contributed by atoms with Gasteiger partial charge >= 0.3 is 5.69 Å². The minimum absolute atomic E-state index is 0.0204. The molecule has 2 N–H and O–H groups in total. The van der Waals surface area contributed by atoms with Crippen LogP contribution in [0.2, 0.25) is 0 Å². The second kappa shape index (κ2) is 5.05. The number of hydrogen-bond donors (Lipinski definition) is 2. The Morgan fingerprint density at radius 3 is 2.65 bits per heavy atom. The van der Waals surface area contributed by atoms with Crippen molar-refractivity contribution < 1.29 is 13.3 Å². The Kier molecular flexibility index (Phi) is 3.59. The summed E-state index contributed by atoms with van der Waals surface area (Å²) < 4.78 is 27.5. The molecule has 0 atom stereocenters. The molecule has 12 heteroatoms. The van der Waals surface area contributed by atoms with Crippen LogP contribution in [0.15, 0.2) is 16.6 Å². The maximum absolute atomic E-state index is 12.1. The highest BCUT2D eigenvalue weighted by Gasteiger charge is 2.26. The van der Waals surface area contributed by atoms with Gasteiger partial charge in [0.2, 0.25) is 5.95 Å². The molecule has 0 amide bonds. The second-order valence-corrected chi connectivity index (χ2v) is 6.56. The van der Waals surface area contributed by atoms with E-state index in [0.29, 0.717) is 0 Å². The smallest absolute Gasteiger partial charge is 0.304 e. The van der Waals surface area contributed by atoms with Gasteiger partial charge in [-0.15, -0.1) is 0 Å². The Bertz CT molecular complexity index is 749. The first-order valence-corrected chi connectivity index (χ1v) is 7.48. The molecule has 2 aromatic rings. The number of anilines is 2. The third kappa shape index (κ3) is 2.55. The van der Waals surface area contributed by atoms with Gasteiger partial charge in [-0.05, 0) is 0 Å². The van der Waals surface area contributed by atoms with Crippen LogP contribution >= 0.6 is 11.3 Å². The number of nitrogens with zero attached hydrogens (tertiary/aromatic N) is 4. The monoisotopic (exact) mass is 318 g/mol. The van der Waals surface area contributed by atoms with E-state index >= 15 is 0 Å². The Hall–Kier alpha value is -2.21. The van der Waals surface area contributed by atoms with Crippen molar-refractivity contribution in [2.45, 2.75) is 4.21 Å². The van der Waals surface area contributed by atoms with Gasteiger partial charge in [0.1, 0.15) is 10.5 Å². The van der Waals surface area contributed by atoms with E-state index < -0.39 is 14.9 Å². The quantitative estimate of drug-likeness (QED) is 0.610. The molecule has 10 nitrogen and oxygen atoms in total. The van der Waals surface area contributed by atoms with Gasteiger partial charge in [0.15, 0.2) is 5.00 Å². The average molecular weight is 318 g/mol. The summed E-state index contributed by atoms with van der Waals surface area (Å²) in [5.74, 6) is 0.0204. The van der Waals surface area contributed by atoms with Crippen molar-refractivity contribution >= 4 is 38.0 Å². The highest BCUT2D eigenvalue weighted by Crippen LogP contribution is 2.37. The lowest BCUT2D eigenvalue weighted by Crippen LogP contribution is -2.15. The van der Waals surface area contributed by atoms with Crippen LogP contribution < -0.4 is 10.0 Å². The molecule has 0 bridgehead atoms. The van der Waals surface area contributed by atoms with Crippen molar-refractivity contribution in [2.75, 3.05) is 17.1 Å².